The Hall–Kier alpha value is -3.60. The number of amides is 1. The monoisotopic (exact) mass is 482 g/mol. The SMILES string of the molecule is O=C(COc1ccc(S(=O)(=O)Nc2cccc(C(F)(F)F)c2)cc1)NCc1ccc(F)cc1. The number of benzene rings is 3. The molecule has 11 heteroatoms. The minimum absolute atomic E-state index is 0.181. The molecule has 0 unspecified atom stereocenters. The van der Waals surface area contributed by atoms with Crippen LogP contribution in [-0.4, -0.2) is 20.9 Å². The van der Waals surface area contributed by atoms with Crippen molar-refractivity contribution in [1.82, 2.24) is 5.32 Å². The maximum absolute atomic E-state index is 12.9. The van der Waals surface area contributed by atoms with E-state index in [9.17, 15) is 30.8 Å². The van der Waals surface area contributed by atoms with Gasteiger partial charge in [-0.2, -0.15) is 13.2 Å². The lowest BCUT2D eigenvalue weighted by Crippen LogP contribution is -2.28. The van der Waals surface area contributed by atoms with Crippen LogP contribution in [-0.2, 0) is 27.5 Å². The first-order valence-electron chi connectivity index (χ1n) is 9.47. The summed E-state index contributed by atoms with van der Waals surface area (Å²) in [5.41, 5.74) is -0.514. The second kappa shape index (κ2) is 9.90. The van der Waals surface area contributed by atoms with Crippen LogP contribution in [0, 0.1) is 5.82 Å². The third-order valence-electron chi connectivity index (χ3n) is 4.35. The Labute approximate surface area is 187 Å². The molecule has 1 amide bonds. The van der Waals surface area contributed by atoms with E-state index in [4.69, 9.17) is 4.74 Å². The molecule has 0 atom stereocenters. The van der Waals surface area contributed by atoms with E-state index in [1.54, 1.807) is 0 Å². The number of rotatable bonds is 8. The quantitative estimate of drug-likeness (QED) is 0.468. The van der Waals surface area contributed by atoms with Crippen LogP contribution >= 0.6 is 0 Å². The van der Waals surface area contributed by atoms with Gasteiger partial charge in [-0.1, -0.05) is 18.2 Å². The Kier molecular flexibility index (Phi) is 7.22. The molecule has 0 heterocycles. The smallest absolute Gasteiger partial charge is 0.416 e. The number of carbonyl (C=O) groups is 1. The van der Waals surface area contributed by atoms with Crippen molar-refractivity contribution in [2.45, 2.75) is 17.6 Å². The number of hydrogen-bond donors (Lipinski definition) is 2. The van der Waals surface area contributed by atoms with Crippen molar-refractivity contribution in [3.63, 3.8) is 0 Å². The van der Waals surface area contributed by atoms with Crippen LogP contribution in [0.2, 0.25) is 0 Å². The van der Waals surface area contributed by atoms with Gasteiger partial charge in [0.15, 0.2) is 6.61 Å². The number of hydrogen-bond acceptors (Lipinski definition) is 4. The van der Waals surface area contributed by atoms with Gasteiger partial charge >= 0.3 is 6.18 Å². The molecule has 0 spiro atoms. The van der Waals surface area contributed by atoms with Crippen LogP contribution in [0.15, 0.2) is 77.7 Å². The standard InChI is InChI=1S/C22H18F4N2O4S/c23-17-6-4-15(5-7-17)13-27-21(29)14-32-19-8-10-20(11-9-19)33(30,31)28-18-3-1-2-16(12-18)22(24,25)26/h1-12,28H,13-14H2,(H,27,29). The predicted molar refractivity (Wildman–Crippen MR) is 112 cm³/mol. The molecule has 0 fully saturated rings. The summed E-state index contributed by atoms with van der Waals surface area (Å²) in [7, 11) is -4.14. The molecular weight excluding hydrogens is 464 g/mol. The average Bonchev–Trinajstić information content (AvgIpc) is 2.77. The molecule has 0 bridgehead atoms. The summed E-state index contributed by atoms with van der Waals surface area (Å²) in [4.78, 5) is 11.7. The molecule has 0 aromatic heterocycles. The zero-order chi connectivity index (χ0) is 24.1. The maximum Gasteiger partial charge on any atom is 0.416 e. The number of halogens is 4. The van der Waals surface area contributed by atoms with Crippen LogP contribution in [0.4, 0.5) is 23.2 Å². The summed E-state index contributed by atoms with van der Waals surface area (Å²) in [6, 6.07) is 14.5. The van der Waals surface area contributed by atoms with Crippen LogP contribution in [0.3, 0.4) is 0 Å². The molecule has 2 N–H and O–H groups in total. The fourth-order valence-corrected chi connectivity index (χ4v) is 3.74. The molecule has 0 aliphatic rings. The van der Waals surface area contributed by atoms with E-state index in [0.717, 1.165) is 12.1 Å². The lowest BCUT2D eigenvalue weighted by atomic mass is 10.2. The first kappa shape index (κ1) is 24.1. The Balaban J connectivity index is 1.55. The Morgan fingerprint density at radius 3 is 2.24 bits per heavy atom. The van der Waals surface area contributed by atoms with Crippen molar-refractivity contribution >= 4 is 21.6 Å². The summed E-state index contributed by atoms with van der Waals surface area (Å²) < 4.78 is 83.6. The van der Waals surface area contributed by atoms with Crippen LogP contribution in [0.1, 0.15) is 11.1 Å². The molecule has 0 saturated carbocycles. The van der Waals surface area contributed by atoms with Gasteiger partial charge in [-0.25, -0.2) is 12.8 Å². The highest BCUT2D eigenvalue weighted by molar-refractivity contribution is 7.92. The number of alkyl halides is 3. The van der Waals surface area contributed by atoms with E-state index >= 15 is 0 Å². The summed E-state index contributed by atoms with van der Waals surface area (Å²) in [5.74, 6) is -0.615. The first-order valence-corrected chi connectivity index (χ1v) is 11.0. The van der Waals surface area contributed by atoms with Gasteiger partial charge in [-0.05, 0) is 60.2 Å². The van der Waals surface area contributed by atoms with Crippen LogP contribution in [0.5, 0.6) is 5.75 Å². The maximum atomic E-state index is 12.9. The predicted octanol–water partition coefficient (Wildman–Crippen LogP) is 4.34. The van der Waals surface area contributed by atoms with Gasteiger partial charge in [-0.15, -0.1) is 0 Å². The van der Waals surface area contributed by atoms with Gasteiger partial charge in [0.25, 0.3) is 15.9 Å². The number of nitrogens with one attached hydrogen (secondary N) is 2. The van der Waals surface area contributed by atoms with E-state index in [2.05, 4.69) is 10.0 Å². The highest BCUT2D eigenvalue weighted by atomic mass is 32.2. The Morgan fingerprint density at radius 1 is 0.939 bits per heavy atom. The van der Waals surface area contributed by atoms with Crippen molar-refractivity contribution < 1.29 is 35.5 Å². The third kappa shape index (κ3) is 6.94. The number of carbonyl (C=O) groups excluding carboxylic acids is 1. The third-order valence-corrected chi connectivity index (χ3v) is 5.75. The molecule has 0 radical (unpaired) electrons. The minimum Gasteiger partial charge on any atom is -0.484 e. The zero-order valence-electron chi connectivity index (χ0n) is 16.9. The van der Waals surface area contributed by atoms with E-state index in [1.165, 1.54) is 54.6 Å². The summed E-state index contributed by atoms with van der Waals surface area (Å²) >= 11 is 0. The van der Waals surface area contributed by atoms with Gasteiger partial charge in [0, 0.05) is 12.2 Å². The van der Waals surface area contributed by atoms with E-state index in [1.807, 2.05) is 0 Å². The van der Waals surface area contributed by atoms with Crippen LogP contribution in [0.25, 0.3) is 0 Å². The van der Waals surface area contributed by atoms with Crippen LogP contribution < -0.4 is 14.8 Å². The largest absolute Gasteiger partial charge is 0.484 e. The van der Waals surface area contributed by atoms with Crippen molar-refractivity contribution in [3.8, 4) is 5.75 Å². The first-order chi connectivity index (χ1) is 15.5. The van der Waals surface area contributed by atoms with E-state index in [0.29, 0.717) is 11.6 Å². The highest BCUT2D eigenvalue weighted by Crippen LogP contribution is 2.31. The number of sulfonamides is 1. The molecule has 0 saturated heterocycles. The topological polar surface area (TPSA) is 84.5 Å². The molecule has 3 aromatic carbocycles. The second-order valence-electron chi connectivity index (χ2n) is 6.85. The normalized spacial score (nSPS) is 11.6. The number of anilines is 1. The lowest BCUT2D eigenvalue weighted by molar-refractivity contribution is -0.137. The summed E-state index contributed by atoms with van der Waals surface area (Å²) in [6.07, 6.45) is -4.61. The zero-order valence-corrected chi connectivity index (χ0v) is 17.7. The Bertz CT molecular complexity index is 1210. The van der Waals surface area contributed by atoms with E-state index < -0.39 is 27.7 Å². The van der Waals surface area contributed by atoms with Gasteiger partial charge in [-0.3, -0.25) is 9.52 Å². The molecule has 3 aromatic rings. The number of ether oxygens (including phenoxy) is 1. The van der Waals surface area contributed by atoms with E-state index in [-0.39, 0.29) is 35.3 Å². The summed E-state index contributed by atoms with van der Waals surface area (Å²) in [5, 5.41) is 2.59. The molecule has 3 rings (SSSR count). The van der Waals surface area contributed by atoms with Crippen molar-refractivity contribution in [2.24, 2.45) is 0 Å². The average molecular weight is 482 g/mol. The van der Waals surface area contributed by atoms with Gasteiger partial charge in [0.2, 0.25) is 0 Å². The van der Waals surface area contributed by atoms with Crippen molar-refractivity contribution in [1.29, 1.82) is 0 Å². The fraction of sp³-hybridized carbons (Fsp3) is 0.136. The minimum atomic E-state index is -4.61. The second-order valence-corrected chi connectivity index (χ2v) is 8.53. The Morgan fingerprint density at radius 2 is 1.61 bits per heavy atom. The van der Waals surface area contributed by atoms with Crippen molar-refractivity contribution in [2.75, 3.05) is 11.3 Å². The highest BCUT2D eigenvalue weighted by Gasteiger charge is 2.30. The molecular formula is C22H18F4N2O4S. The van der Waals surface area contributed by atoms with Crippen molar-refractivity contribution in [3.05, 3.63) is 89.7 Å². The fourth-order valence-electron chi connectivity index (χ4n) is 2.69. The van der Waals surface area contributed by atoms with Gasteiger partial charge < -0.3 is 10.1 Å². The van der Waals surface area contributed by atoms with Gasteiger partial charge in [0.05, 0.1) is 10.5 Å². The molecule has 0 aliphatic heterocycles. The molecule has 33 heavy (non-hydrogen) atoms. The lowest BCUT2D eigenvalue weighted by Gasteiger charge is -2.12. The van der Waals surface area contributed by atoms with Gasteiger partial charge in [0.1, 0.15) is 11.6 Å². The molecule has 174 valence electrons. The summed E-state index contributed by atoms with van der Waals surface area (Å²) in [6.45, 7) is -0.156. The molecule has 0 aliphatic carbocycles. The molecule has 6 nitrogen and oxygen atoms in total.